The van der Waals surface area contributed by atoms with E-state index in [1.165, 1.54) is 0 Å². The van der Waals surface area contributed by atoms with Crippen molar-refractivity contribution in [2.75, 3.05) is 34.0 Å². The van der Waals surface area contributed by atoms with Gasteiger partial charge in [0.2, 0.25) is 0 Å². The number of hydrogen-bond donors (Lipinski definition) is 1. The minimum Gasteiger partial charge on any atom is -0.497 e. The summed E-state index contributed by atoms with van der Waals surface area (Å²) in [6.45, 7) is 0.354. The van der Waals surface area contributed by atoms with Crippen molar-refractivity contribution in [3.05, 3.63) is 60.2 Å². The molecule has 0 bridgehead atoms. The van der Waals surface area contributed by atoms with Crippen LogP contribution < -0.4 is 10.1 Å². The molecule has 0 aliphatic heterocycles. The lowest BCUT2D eigenvalue weighted by molar-refractivity contribution is -0.124. The average Bonchev–Trinajstić information content (AvgIpc) is 2.77. The summed E-state index contributed by atoms with van der Waals surface area (Å²) in [5, 5.41) is 3.20. The predicted molar refractivity (Wildman–Crippen MR) is 109 cm³/mol. The van der Waals surface area contributed by atoms with Gasteiger partial charge in [-0.05, 0) is 24.3 Å². The zero-order valence-electron chi connectivity index (χ0n) is 16.3. The summed E-state index contributed by atoms with van der Waals surface area (Å²) in [5.74, 6) is -0.405. The number of nitrogens with zero attached hydrogens (tertiary/aromatic N) is 1. The topological polar surface area (TPSA) is 86.8 Å². The number of esters is 1. The molecule has 1 amide bonds. The van der Waals surface area contributed by atoms with Gasteiger partial charge in [-0.3, -0.25) is 4.79 Å². The fourth-order valence-corrected chi connectivity index (χ4v) is 2.81. The van der Waals surface area contributed by atoms with Crippen LogP contribution in [0.3, 0.4) is 0 Å². The van der Waals surface area contributed by atoms with E-state index >= 15 is 0 Å². The number of pyridine rings is 1. The fourth-order valence-electron chi connectivity index (χ4n) is 2.81. The summed E-state index contributed by atoms with van der Waals surface area (Å²) in [4.78, 5) is 29.3. The smallest absolute Gasteiger partial charge is 0.339 e. The fraction of sp³-hybridized carbons (Fsp3) is 0.227. The number of carbonyl (C=O) groups excluding carboxylic acids is 2. The van der Waals surface area contributed by atoms with Crippen LogP contribution in [0, 0.1) is 0 Å². The number of carbonyl (C=O) groups is 2. The highest BCUT2D eigenvalue weighted by Crippen LogP contribution is 2.28. The van der Waals surface area contributed by atoms with Crippen molar-refractivity contribution in [2.24, 2.45) is 0 Å². The Hall–Kier alpha value is -3.45. The molecule has 7 heteroatoms. The molecule has 1 aromatic heterocycles. The van der Waals surface area contributed by atoms with Crippen LogP contribution in [0.25, 0.3) is 22.2 Å². The van der Waals surface area contributed by atoms with Crippen LogP contribution in [0.2, 0.25) is 0 Å². The highest BCUT2D eigenvalue weighted by molar-refractivity contribution is 6.05. The number of benzene rings is 2. The van der Waals surface area contributed by atoms with Crippen LogP contribution in [0.4, 0.5) is 0 Å². The van der Waals surface area contributed by atoms with Crippen LogP contribution in [0.1, 0.15) is 10.4 Å². The summed E-state index contributed by atoms with van der Waals surface area (Å²) in [7, 11) is 3.09. The Morgan fingerprint density at radius 2 is 1.83 bits per heavy atom. The predicted octanol–water partition coefficient (Wildman–Crippen LogP) is 2.83. The lowest BCUT2D eigenvalue weighted by Gasteiger charge is -2.11. The number of ether oxygens (including phenoxy) is 3. The van der Waals surface area contributed by atoms with Crippen LogP contribution in [0.15, 0.2) is 54.6 Å². The Morgan fingerprint density at radius 3 is 2.55 bits per heavy atom. The Balaban J connectivity index is 1.91. The number of rotatable bonds is 8. The van der Waals surface area contributed by atoms with Crippen molar-refractivity contribution in [1.29, 1.82) is 0 Å². The van der Waals surface area contributed by atoms with E-state index in [4.69, 9.17) is 14.2 Å². The molecule has 7 nitrogen and oxygen atoms in total. The number of fused-ring (bicyclic) bond motifs is 1. The SMILES string of the molecule is COCCNC(=O)COC(=O)c1cc(-c2ccccc2)nc2ccc(OC)cc12. The Kier molecular flexibility index (Phi) is 6.76. The highest BCUT2D eigenvalue weighted by Gasteiger charge is 2.17. The molecule has 150 valence electrons. The van der Waals surface area contributed by atoms with E-state index in [0.717, 1.165) is 5.56 Å². The zero-order valence-corrected chi connectivity index (χ0v) is 16.3. The first-order valence-electron chi connectivity index (χ1n) is 9.09. The molecule has 29 heavy (non-hydrogen) atoms. The molecule has 0 atom stereocenters. The van der Waals surface area contributed by atoms with Gasteiger partial charge in [0.05, 0.1) is 30.5 Å². The average molecular weight is 394 g/mol. The van der Waals surface area contributed by atoms with Crippen molar-refractivity contribution in [2.45, 2.75) is 0 Å². The largest absolute Gasteiger partial charge is 0.497 e. The number of nitrogens with one attached hydrogen (secondary N) is 1. The Labute approximate surface area is 168 Å². The number of methoxy groups -OCH3 is 2. The van der Waals surface area contributed by atoms with Crippen LogP contribution in [-0.2, 0) is 14.3 Å². The van der Waals surface area contributed by atoms with Gasteiger partial charge in [-0.15, -0.1) is 0 Å². The maximum Gasteiger partial charge on any atom is 0.339 e. The van der Waals surface area contributed by atoms with Gasteiger partial charge < -0.3 is 19.5 Å². The monoisotopic (exact) mass is 394 g/mol. The van der Waals surface area contributed by atoms with Gasteiger partial charge in [0, 0.05) is 24.6 Å². The molecule has 1 N–H and O–H groups in total. The van der Waals surface area contributed by atoms with Gasteiger partial charge in [-0.2, -0.15) is 0 Å². The van der Waals surface area contributed by atoms with Gasteiger partial charge in [-0.1, -0.05) is 30.3 Å². The van der Waals surface area contributed by atoms with Crippen molar-refractivity contribution in [1.82, 2.24) is 10.3 Å². The second-order valence-electron chi connectivity index (χ2n) is 6.22. The molecule has 0 unspecified atom stereocenters. The van der Waals surface area contributed by atoms with E-state index in [2.05, 4.69) is 10.3 Å². The number of aromatic nitrogens is 1. The van der Waals surface area contributed by atoms with E-state index in [9.17, 15) is 9.59 Å². The van der Waals surface area contributed by atoms with Crippen molar-refractivity contribution < 1.29 is 23.8 Å². The molecule has 0 saturated carbocycles. The zero-order chi connectivity index (χ0) is 20.6. The van der Waals surface area contributed by atoms with E-state index in [1.54, 1.807) is 38.5 Å². The third-order valence-electron chi connectivity index (χ3n) is 4.27. The molecule has 0 aliphatic rings. The first-order valence-corrected chi connectivity index (χ1v) is 9.09. The van der Waals surface area contributed by atoms with E-state index in [1.807, 2.05) is 30.3 Å². The summed E-state index contributed by atoms with van der Waals surface area (Å²) >= 11 is 0. The standard InChI is InChI=1S/C22H22N2O5/c1-27-11-10-23-21(25)14-29-22(26)18-13-20(15-6-4-3-5-7-15)24-19-9-8-16(28-2)12-17(18)19/h3-9,12-13H,10-11,14H2,1-2H3,(H,23,25). The second kappa shape index (κ2) is 9.66. The third-order valence-corrected chi connectivity index (χ3v) is 4.27. The van der Waals surface area contributed by atoms with Crippen LogP contribution in [-0.4, -0.2) is 50.8 Å². The summed E-state index contributed by atoms with van der Waals surface area (Å²) < 4.78 is 15.4. The molecular formula is C22H22N2O5. The van der Waals surface area contributed by atoms with Crippen LogP contribution in [0.5, 0.6) is 5.75 Å². The minimum absolute atomic E-state index is 0.317. The molecule has 0 spiro atoms. The van der Waals surface area contributed by atoms with Crippen LogP contribution >= 0.6 is 0 Å². The Bertz CT molecular complexity index is 1000. The van der Waals surface area contributed by atoms with E-state index < -0.39 is 11.9 Å². The molecule has 3 rings (SSSR count). The second-order valence-corrected chi connectivity index (χ2v) is 6.22. The van der Waals surface area contributed by atoms with Gasteiger partial charge in [0.25, 0.3) is 5.91 Å². The summed E-state index contributed by atoms with van der Waals surface area (Å²) in [5.41, 5.74) is 2.46. The molecule has 0 aliphatic carbocycles. The first kappa shape index (κ1) is 20.3. The number of hydrogen-bond acceptors (Lipinski definition) is 6. The highest BCUT2D eigenvalue weighted by atomic mass is 16.5. The molecule has 0 saturated heterocycles. The quantitative estimate of drug-likeness (QED) is 0.467. The Morgan fingerprint density at radius 1 is 1.03 bits per heavy atom. The first-order chi connectivity index (χ1) is 14.1. The van der Waals surface area contributed by atoms with Crippen molar-refractivity contribution in [3.8, 4) is 17.0 Å². The van der Waals surface area contributed by atoms with Gasteiger partial charge in [0.1, 0.15) is 5.75 Å². The lowest BCUT2D eigenvalue weighted by Crippen LogP contribution is -2.31. The number of amides is 1. The molecule has 0 fully saturated rings. The molecular weight excluding hydrogens is 372 g/mol. The maximum atomic E-state index is 12.8. The van der Waals surface area contributed by atoms with E-state index in [0.29, 0.717) is 41.1 Å². The summed E-state index contributed by atoms with van der Waals surface area (Å²) in [6.07, 6.45) is 0. The summed E-state index contributed by atoms with van der Waals surface area (Å²) in [6, 6.07) is 16.5. The molecule has 2 aromatic carbocycles. The minimum atomic E-state index is -0.607. The maximum absolute atomic E-state index is 12.8. The normalized spacial score (nSPS) is 10.6. The van der Waals surface area contributed by atoms with Gasteiger partial charge in [0.15, 0.2) is 6.61 Å². The van der Waals surface area contributed by atoms with Gasteiger partial charge >= 0.3 is 5.97 Å². The third kappa shape index (κ3) is 5.08. The van der Waals surface area contributed by atoms with Crippen molar-refractivity contribution in [3.63, 3.8) is 0 Å². The van der Waals surface area contributed by atoms with Crippen molar-refractivity contribution >= 4 is 22.8 Å². The molecule has 1 heterocycles. The molecule has 3 aromatic rings. The molecule has 0 radical (unpaired) electrons. The van der Waals surface area contributed by atoms with Gasteiger partial charge in [-0.25, -0.2) is 9.78 Å². The van der Waals surface area contributed by atoms with E-state index in [-0.39, 0.29) is 6.61 Å². The lowest BCUT2D eigenvalue weighted by atomic mass is 10.0.